The molecule has 1 aliphatic rings. The molecular formula is C18H21NO6S. The first-order valence-electron chi connectivity index (χ1n) is 8.00. The van der Waals surface area contributed by atoms with Crippen molar-refractivity contribution in [1.82, 2.24) is 4.90 Å². The molecule has 0 bridgehead atoms. The quantitative estimate of drug-likeness (QED) is 0.555. The van der Waals surface area contributed by atoms with Crippen molar-refractivity contribution in [2.75, 3.05) is 20.8 Å². The number of carbonyl (C=O) groups excluding carboxylic acids is 3. The first kappa shape index (κ1) is 19.8. The second kappa shape index (κ2) is 8.27. The van der Waals surface area contributed by atoms with Crippen LogP contribution >= 0.6 is 11.8 Å². The van der Waals surface area contributed by atoms with Gasteiger partial charge in [0.1, 0.15) is 17.5 Å². The van der Waals surface area contributed by atoms with E-state index in [1.165, 1.54) is 14.0 Å². The van der Waals surface area contributed by atoms with Crippen LogP contribution in [0.4, 0.5) is 4.79 Å². The predicted molar refractivity (Wildman–Crippen MR) is 98.2 cm³/mol. The molecule has 0 aromatic heterocycles. The van der Waals surface area contributed by atoms with Crippen molar-refractivity contribution >= 4 is 35.0 Å². The Balaban J connectivity index is 2.36. The molecule has 0 aliphatic carbocycles. The molecule has 1 atom stereocenters. The summed E-state index contributed by atoms with van der Waals surface area (Å²) in [6.45, 7) is 5.15. The monoisotopic (exact) mass is 379 g/mol. The Bertz CT molecular complexity index is 773. The van der Waals surface area contributed by atoms with Gasteiger partial charge in [0.25, 0.3) is 11.1 Å². The Morgan fingerprint density at radius 2 is 1.96 bits per heavy atom. The summed E-state index contributed by atoms with van der Waals surface area (Å²) in [4.78, 5) is 37.8. The van der Waals surface area contributed by atoms with E-state index >= 15 is 0 Å². The molecule has 0 spiro atoms. The van der Waals surface area contributed by atoms with Crippen molar-refractivity contribution in [2.24, 2.45) is 0 Å². The van der Waals surface area contributed by atoms with E-state index in [0.717, 1.165) is 22.2 Å². The van der Waals surface area contributed by atoms with Crippen LogP contribution in [0.3, 0.4) is 0 Å². The highest BCUT2D eigenvalue weighted by molar-refractivity contribution is 8.18. The summed E-state index contributed by atoms with van der Waals surface area (Å²) in [7, 11) is 3.08. The van der Waals surface area contributed by atoms with Gasteiger partial charge in [0.05, 0.1) is 25.7 Å². The number of benzene rings is 1. The zero-order valence-corrected chi connectivity index (χ0v) is 16.1. The summed E-state index contributed by atoms with van der Waals surface area (Å²) in [5.74, 6) is 0.0580. The highest BCUT2D eigenvalue weighted by atomic mass is 32.2. The lowest BCUT2D eigenvalue weighted by Crippen LogP contribution is -2.42. The van der Waals surface area contributed by atoms with Crippen LogP contribution in [0.2, 0.25) is 0 Å². The normalized spacial score (nSPS) is 16.8. The summed E-state index contributed by atoms with van der Waals surface area (Å²) in [6, 6.07) is 2.52. The molecule has 1 fully saturated rings. The van der Waals surface area contributed by atoms with E-state index in [4.69, 9.17) is 14.2 Å². The second-order valence-electron chi connectivity index (χ2n) is 5.50. The predicted octanol–water partition coefficient (Wildman–Crippen LogP) is 3.00. The van der Waals surface area contributed by atoms with E-state index < -0.39 is 23.2 Å². The molecule has 1 aromatic rings. The topological polar surface area (TPSA) is 82.1 Å². The van der Waals surface area contributed by atoms with Crippen molar-refractivity contribution in [3.63, 3.8) is 0 Å². The number of esters is 1. The molecule has 2 rings (SSSR count). The van der Waals surface area contributed by atoms with E-state index in [-0.39, 0.29) is 11.5 Å². The summed E-state index contributed by atoms with van der Waals surface area (Å²) < 4.78 is 15.6. The third kappa shape index (κ3) is 3.70. The Morgan fingerprint density at radius 3 is 2.54 bits per heavy atom. The number of thioether (sulfide) groups is 1. The molecule has 2 amide bonds. The Morgan fingerprint density at radius 1 is 1.27 bits per heavy atom. The van der Waals surface area contributed by atoms with Gasteiger partial charge >= 0.3 is 5.97 Å². The van der Waals surface area contributed by atoms with Crippen LogP contribution in [0, 0.1) is 6.92 Å². The summed E-state index contributed by atoms with van der Waals surface area (Å²) in [5, 5.41) is -0.508. The van der Waals surface area contributed by atoms with Crippen molar-refractivity contribution in [1.29, 1.82) is 0 Å². The van der Waals surface area contributed by atoms with Crippen molar-refractivity contribution < 1.29 is 28.6 Å². The van der Waals surface area contributed by atoms with Crippen molar-refractivity contribution in [2.45, 2.75) is 26.8 Å². The van der Waals surface area contributed by atoms with Gasteiger partial charge in [-0.3, -0.25) is 14.5 Å². The third-order valence-electron chi connectivity index (χ3n) is 3.94. The van der Waals surface area contributed by atoms with Crippen LogP contribution in [0.15, 0.2) is 17.0 Å². The molecule has 7 nitrogen and oxygen atoms in total. The Kier molecular flexibility index (Phi) is 6.31. The van der Waals surface area contributed by atoms with Gasteiger partial charge in [-0.05, 0) is 50.7 Å². The molecule has 1 saturated heterocycles. The average molecular weight is 379 g/mol. The smallest absolute Gasteiger partial charge is 0.329 e. The first-order chi connectivity index (χ1) is 12.3. The van der Waals surface area contributed by atoms with Gasteiger partial charge in [0, 0.05) is 11.1 Å². The molecule has 1 aliphatic heterocycles. The van der Waals surface area contributed by atoms with Gasteiger partial charge in [-0.25, -0.2) is 4.79 Å². The Labute approximate surface area is 156 Å². The maximum atomic E-state index is 12.6. The molecule has 0 radical (unpaired) electrons. The number of hydrogen-bond donors (Lipinski definition) is 0. The van der Waals surface area contributed by atoms with Crippen molar-refractivity contribution in [3.8, 4) is 11.5 Å². The van der Waals surface area contributed by atoms with Crippen LogP contribution < -0.4 is 9.47 Å². The van der Waals surface area contributed by atoms with Crippen molar-refractivity contribution in [3.05, 3.63) is 28.2 Å². The summed E-state index contributed by atoms with van der Waals surface area (Å²) >= 11 is 0.779. The molecule has 26 heavy (non-hydrogen) atoms. The number of amides is 2. The number of hydrogen-bond acceptors (Lipinski definition) is 7. The number of ether oxygens (including phenoxy) is 3. The maximum absolute atomic E-state index is 12.6. The van der Waals surface area contributed by atoms with Gasteiger partial charge < -0.3 is 14.2 Å². The van der Waals surface area contributed by atoms with Gasteiger partial charge in [-0.2, -0.15) is 0 Å². The first-order valence-corrected chi connectivity index (χ1v) is 8.82. The fourth-order valence-corrected chi connectivity index (χ4v) is 3.52. The minimum atomic E-state index is -0.979. The van der Waals surface area contributed by atoms with E-state index in [0.29, 0.717) is 17.1 Å². The summed E-state index contributed by atoms with van der Waals surface area (Å²) in [5.41, 5.74) is 1.42. The van der Waals surface area contributed by atoms with Crippen LogP contribution in [-0.2, 0) is 14.3 Å². The number of methoxy groups -OCH3 is 2. The standard InChI is InChI=1S/C18H21NO6S/c1-6-25-17(21)11(3)19-16(20)14(26-18(19)22)9-12-7-8-13(23-4)10(2)15(12)24-5/h7-9,11H,6H2,1-5H3/b14-9+/t11-/m0/s1. The fourth-order valence-electron chi connectivity index (χ4n) is 2.62. The lowest BCUT2D eigenvalue weighted by Gasteiger charge is -2.19. The van der Waals surface area contributed by atoms with E-state index in [2.05, 4.69) is 0 Å². The number of carbonyl (C=O) groups is 3. The number of rotatable bonds is 6. The molecule has 1 heterocycles. The zero-order valence-electron chi connectivity index (χ0n) is 15.3. The largest absolute Gasteiger partial charge is 0.496 e. The molecule has 140 valence electrons. The van der Waals surface area contributed by atoms with Gasteiger partial charge in [-0.15, -0.1) is 0 Å². The molecule has 0 N–H and O–H groups in total. The third-order valence-corrected chi connectivity index (χ3v) is 4.82. The highest BCUT2D eigenvalue weighted by Gasteiger charge is 2.41. The van der Waals surface area contributed by atoms with E-state index in [9.17, 15) is 14.4 Å². The highest BCUT2D eigenvalue weighted by Crippen LogP contribution is 2.37. The molecular weight excluding hydrogens is 358 g/mol. The minimum absolute atomic E-state index is 0.178. The molecule has 0 saturated carbocycles. The second-order valence-corrected chi connectivity index (χ2v) is 6.49. The zero-order chi connectivity index (χ0) is 19.4. The SMILES string of the molecule is CCOC(=O)[C@H](C)N1C(=O)S/C(=C/c2ccc(OC)c(C)c2OC)C1=O. The molecule has 0 unspecified atom stereocenters. The number of nitrogens with zero attached hydrogens (tertiary/aromatic N) is 1. The van der Waals surface area contributed by atoms with Crippen LogP contribution in [-0.4, -0.2) is 48.9 Å². The molecule has 1 aromatic carbocycles. The lowest BCUT2D eigenvalue weighted by atomic mass is 10.1. The number of imide groups is 1. The molecule has 8 heteroatoms. The average Bonchev–Trinajstić information content (AvgIpc) is 2.88. The van der Waals surface area contributed by atoms with Gasteiger partial charge in [-0.1, -0.05) is 0 Å². The van der Waals surface area contributed by atoms with E-state index in [1.54, 1.807) is 32.2 Å². The lowest BCUT2D eigenvalue weighted by molar-refractivity contribution is -0.150. The Hall–Kier alpha value is -2.48. The van der Waals surface area contributed by atoms with Gasteiger partial charge in [0.15, 0.2) is 0 Å². The maximum Gasteiger partial charge on any atom is 0.329 e. The minimum Gasteiger partial charge on any atom is -0.496 e. The van der Waals surface area contributed by atoms with Gasteiger partial charge in [0.2, 0.25) is 0 Å². The van der Waals surface area contributed by atoms with E-state index in [1.807, 2.05) is 6.92 Å². The van der Waals surface area contributed by atoms with Crippen LogP contribution in [0.25, 0.3) is 6.08 Å². The fraction of sp³-hybridized carbons (Fsp3) is 0.389. The summed E-state index contributed by atoms with van der Waals surface area (Å²) in [6.07, 6.45) is 1.58. The van der Waals surface area contributed by atoms with Crippen LogP contribution in [0.1, 0.15) is 25.0 Å². The van der Waals surface area contributed by atoms with Crippen LogP contribution in [0.5, 0.6) is 11.5 Å².